The zero-order chi connectivity index (χ0) is 22.9. The number of carbonyl (C=O) groups is 4. The standard InChI is InChI=1S/C19H24N8O5/c28-11-25-14(17(31)32)9-23-15(29)10-24-16(30)12-2-1-3-13(8-12)26-19-22-6-7-27(19)18-20-4-5-21-18/h1-3,8,11,14H,4-7,9-10H2,(H,20,21)(H,22,26)(H,23,29)(H,24,30)(H,25,28)(H,31,32). The van der Waals surface area contributed by atoms with Crippen LogP contribution in [-0.4, -0.2) is 91.4 Å². The smallest absolute Gasteiger partial charge is 0.328 e. The normalized spacial score (nSPS) is 15.7. The van der Waals surface area contributed by atoms with Gasteiger partial charge in [0.25, 0.3) is 5.91 Å². The molecule has 2 heterocycles. The molecule has 1 unspecified atom stereocenters. The molecule has 1 aromatic rings. The van der Waals surface area contributed by atoms with Gasteiger partial charge in [-0.25, -0.2) is 4.79 Å². The van der Waals surface area contributed by atoms with Crippen LogP contribution < -0.4 is 26.6 Å². The summed E-state index contributed by atoms with van der Waals surface area (Å²) >= 11 is 0. The van der Waals surface area contributed by atoms with Gasteiger partial charge in [0.1, 0.15) is 6.04 Å². The molecule has 0 aromatic heterocycles. The van der Waals surface area contributed by atoms with Crippen LogP contribution in [0.25, 0.3) is 0 Å². The van der Waals surface area contributed by atoms with Gasteiger partial charge in [-0.1, -0.05) is 6.07 Å². The van der Waals surface area contributed by atoms with E-state index in [9.17, 15) is 19.2 Å². The van der Waals surface area contributed by atoms with Gasteiger partial charge in [-0.3, -0.25) is 29.3 Å². The van der Waals surface area contributed by atoms with Crippen molar-refractivity contribution in [3.8, 4) is 0 Å². The molecule has 3 rings (SSSR count). The second-order valence-corrected chi connectivity index (χ2v) is 6.86. The summed E-state index contributed by atoms with van der Waals surface area (Å²) in [7, 11) is 0. The van der Waals surface area contributed by atoms with Gasteiger partial charge in [0.15, 0.2) is 0 Å². The molecule has 0 fully saturated rings. The molecular weight excluding hydrogens is 420 g/mol. The third-order valence-electron chi connectivity index (χ3n) is 4.61. The van der Waals surface area contributed by atoms with E-state index < -0.39 is 23.8 Å². The summed E-state index contributed by atoms with van der Waals surface area (Å²) in [5, 5.41) is 22.2. The minimum Gasteiger partial charge on any atom is -0.480 e. The molecule has 0 radical (unpaired) electrons. The number of nitrogens with zero attached hydrogens (tertiary/aromatic N) is 3. The highest BCUT2D eigenvalue weighted by Gasteiger charge is 2.24. The van der Waals surface area contributed by atoms with Crippen LogP contribution >= 0.6 is 0 Å². The second-order valence-electron chi connectivity index (χ2n) is 6.86. The molecular formula is C19H24N8O5. The first-order valence-corrected chi connectivity index (χ1v) is 9.92. The van der Waals surface area contributed by atoms with Gasteiger partial charge in [-0.05, 0) is 18.2 Å². The summed E-state index contributed by atoms with van der Waals surface area (Å²) < 4.78 is 0. The summed E-state index contributed by atoms with van der Waals surface area (Å²) in [4.78, 5) is 56.4. The molecule has 13 nitrogen and oxygen atoms in total. The van der Waals surface area contributed by atoms with Crippen molar-refractivity contribution >= 4 is 41.8 Å². The molecule has 1 atom stereocenters. The number of aliphatic carboxylic acids is 1. The molecule has 2 aliphatic heterocycles. The Kier molecular flexibility index (Phi) is 7.56. The maximum Gasteiger partial charge on any atom is 0.328 e. The first kappa shape index (κ1) is 22.5. The molecule has 32 heavy (non-hydrogen) atoms. The molecule has 0 saturated carbocycles. The van der Waals surface area contributed by atoms with Crippen LogP contribution in [0.1, 0.15) is 10.4 Å². The highest BCUT2D eigenvalue weighted by atomic mass is 16.4. The van der Waals surface area contributed by atoms with Gasteiger partial charge in [-0.2, -0.15) is 0 Å². The molecule has 0 spiro atoms. The Morgan fingerprint density at radius 2 is 2.06 bits per heavy atom. The third-order valence-corrected chi connectivity index (χ3v) is 4.61. The van der Waals surface area contributed by atoms with E-state index in [0.717, 1.165) is 12.5 Å². The summed E-state index contributed by atoms with van der Waals surface area (Å²) in [6.45, 7) is 2.18. The minimum absolute atomic E-state index is 0.238. The quantitative estimate of drug-likeness (QED) is 0.232. The van der Waals surface area contributed by atoms with Crippen LogP contribution in [0.15, 0.2) is 34.3 Å². The Bertz CT molecular complexity index is 947. The number of carboxylic acid groups (broad SMARTS) is 1. The molecule has 170 valence electrons. The Balaban J connectivity index is 1.51. The zero-order valence-corrected chi connectivity index (χ0v) is 17.1. The average Bonchev–Trinajstić information content (AvgIpc) is 3.46. The lowest BCUT2D eigenvalue weighted by Crippen LogP contribution is -2.47. The number of guanidine groups is 2. The maximum absolute atomic E-state index is 12.4. The predicted octanol–water partition coefficient (Wildman–Crippen LogP) is -2.23. The summed E-state index contributed by atoms with van der Waals surface area (Å²) in [6.07, 6.45) is 0.238. The van der Waals surface area contributed by atoms with E-state index in [1.165, 1.54) is 0 Å². The van der Waals surface area contributed by atoms with Crippen LogP contribution in [-0.2, 0) is 14.4 Å². The summed E-state index contributed by atoms with van der Waals surface area (Å²) in [6, 6.07) is 5.47. The highest BCUT2D eigenvalue weighted by molar-refractivity contribution is 6.07. The predicted molar refractivity (Wildman–Crippen MR) is 115 cm³/mol. The first-order valence-electron chi connectivity index (χ1n) is 9.92. The number of carbonyl (C=O) groups excluding carboxylic acids is 3. The van der Waals surface area contributed by atoms with Crippen LogP contribution in [0.3, 0.4) is 0 Å². The van der Waals surface area contributed by atoms with Crippen molar-refractivity contribution in [2.75, 3.05) is 44.6 Å². The number of benzene rings is 1. The van der Waals surface area contributed by atoms with Crippen LogP contribution in [0.2, 0.25) is 0 Å². The van der Waals surface area contributed by atoms with E-state index in [1.54, 1.807) is 24.3 Å². The van der Waals surface area contributed by atoms with Gasteiger partial charge in [-0.15, -0.1) is 0 Å². The molecule has 0 bridgehead atoms. The van der Waals surface area contributed by atoms with E-state index in [4.69, 9.17) is 5.11 Å². The SMILES string of the molecule is O=CNC(CNC(=O)CNC(=O)c1cccc(NC2=NCCN2C2=NCCN2)c1)C(=O)O. The molecule has 1 aromatic carbocycles. The second kappa shape index (κ2) is 10.7. The number of carboxylic acids is 1. The number of hydrogen-bond acceptors (Lipinski definition) is 9. The number of amides is 3. The van der Waals surface area contributed by atoms with Gasteiger partial charge in [0, 0.05) is 30.9 Å². The fourth-order valence-electron chi connectivity index (χ4n) is 3.03. The number of rotatable bonds is 9. The van der Waals surface area contributed by atoms with Gasteiger partial charge in [0.2, 0.25) is 24.2 Å². The number of anilines is 1. The van der Waals surface area contributed by atoms with Crippen molar-refractivity contribution in [2.45, 2.75) is 6.04 Å². The Hall–Kier alpha value is -4.16. The maximum atomic E-state index is 12.4. The van der Waals surface area contributed by atoms with Crippen molar-refractivity contribution in [1.29, 1.82) is 0 Å². The van der Waals surface area contributed by atoms with Crippen molar-refractivity contribution in [3.05, 3.63) is 29.8 Å². The molecule has 2 aliphatic rings. The Morgan fingerprint density at radius 1 is 1.22 bits per heavy atom. The summed E-state index contributed by atoms with van der Waals surface area (Å²) in [5.74, 6) is -0.954. The van der Waals surface area contributed by atoms with Crippen LogP contribution in [0.4, 0.5) is 5.69 Å². The molecule has 0 saturated heterocycles. The Morgan fingerprint density at radius 3 is 2.78 bits per heavy atom. The monoisotopic (exact) mass is 444 g/mol. The average molecular weight is 444 g/mol. The van der Waals surface area contributed by atoms with Gasteiger partial charge >= 0.3 is 5.97 Å². The van der Waals surface area contributed by atoms with Crippen LogP contribution in [0, 0.1) is 0 Å². The van der Waals surface area contributed by atoms with E-state index in [1.807, 2.05) is 4.90 Å². The van der Waals surface area contributed by atoms with Crippen molar-refractivity contribution in [3.63, 3.8) is 0 Å². The minimum atomic E-state index is -1.29. The van der Waals surface area contributed by atoms with E-state index in [0.29, 0.717) is 36.8 Å². The lowest BCUT2D eigenvalue weighted by Gasteiger charge is -2.21. The molecule has 3 amide bonds. The van der Waals surface area contributed by atoms with Crippen molar-refractivity contribution in [2.24, 2.45) is 9.98 Å². The number of nitrogens with one attached hydrogen (secondary N) is 5. The van der Waals surface area contributed by atoms with Crippen LogP contribution in [0.5, 0.6) is 0 Å². The fourth-order valence-corrected chi connectivity index (χ4v) is 3.03. The summed E-state index contributed by atoms with van der Waals surface area (Å²) in [5.41, 5.74) is 0.978. The number of aliphatic imine (C=N–C) groups is 2. The van der Waals surface area contributed by atoms with E-state index >= 15 is 0 Å². The zero-order valence-electron chi connectivity index (χ0n) is 17.1. The molecule has 0 aliphatic carbocycles. The lowest BCUT2D eigenvalue weighted by molar-refractivity contribution is -0.140. The van der Waals surface area contributed by atoms with Gasteiger partial charge in [0.05, 0.1) is 19.6 Å². The highest BCUT2D eigenvalue weighted by Crippen LogP contribution is 2.14. The molecule has 13 heteroatoms. The third kappa shape index (κ3) is 5.93. The van der Waals surface area contributed by atoms with E-state index in [-0.39, 0.29) is 19.5 Å². The largest absolute Gasteiger partial charge is 0.480 e. The van der Waals surface area contributed by atoms with Crippen molar-refractivity contribution in [1.82, 2.24) is 26.2 Å². The fraction of sp³-hybridized carbons (Fsp3) is 0.368. The Labute approximate surface area is 183 Å². The first-order chi connectivity index (χ1) is 15.5. The topological polar surface area (TPSA) is 177 Å². The number of hydrogen-bond donors (Lipinski definition) is 6. The lowest BCUT2D eigenvalue weighted by atomic mass is 10.2. The van der Waals surface area contributed by atoms with Gasteiger partial charge < -0.3 is 31.7 Å². The van der Waals surface area contributed by atoms with E-state index in [2.05, 4.69) is 36.6 Å². The van der Waals surface area contributed by atoms with Crippen molar-refractivity contribution < 1.29 is 24.3 Å². The molecule has 6 N–H and O–H groups in total.